The lowest BCUT2D eigenvalue weighted by atomic mass is 10.1. The number of unbranched alkanes of at least 4 members (excludes halogenated alkanes) is 6. The Labute approximate surface area is 129 Å². The summed E-state index contributed by atoms with van der Waals surface area (Å²) in [5.41, 5.74) is 1.27. The van der Waals surface area contributed by atoms with Crippen molar-refractivity contribution in [3.63, 3.8) is 0 Å². The second-order valence-corrected chi connectivity index (χ2v) is 5.84. The maximum absolute atomic E-state index is 6.13. The van der Waals surface area contributed by atoms with Crippen LogP contribution in [0.1, 0.15) is 63.9 Å². The molecule has 0 saturated carbocycles. The lowest BCUT2D eigenvalue weighted by Gasteiger charge is -2.05. The zero-order chi connectivity index (χ0) is 14.5. The van der Waals surface area contributed by atoms with Gasteiger partial charge in [-0.05, 0) is 37.3 Å². The SMILES string of the molecule is CCCCCCCOCCCCCc1ccccc1Cl. The minimum absolute atomic E-state index is 0.899. The van der Waals surface area contributed by atoms with Gasteiger partial charge >= 0.3 is 0 Å². The predicted molar refractivity (Wildman–Crippen MR) is 88.6 cm³/mol. The molecule has 0 aliphatic carbocycles. The lowest BCUT2D eigenvalue weighted by molar-refractivity contribution is 0.126. The van der Waals surface area contributed by atoms with Crippen LogP contribution in [0.4, 0.5) is 0 Å². The molecule has 0 spiro atoms. The van der Waals surface area contributed by atoms with E-state index in [9.17, 15) is 0 Å². The van der Waals surface area contributed by atoms with E-state index in [0.29, 0.717) is 0 Å². The molecular formula is C18H29ClO. The van der Waals surface area contributed by atoms with Gasteiger partial charge in [0.1, 0.15) is 0 Å². The van der Waals surface area contributed by atoms with Gasteiger partial charge in [-0.3, -0.25) is 0 Å². The molecule has 2 heteroatoms. The summed E-state index contributed by atoms with van der Waals surface area (Å²) < 4.78 is 5.66. The third-order valence-electron chi connectivity index (χ3n) is 3.58. The van der Waals surface area contributed by atoms with Crippen LogP contribution < -0.4 is 0 Å². The number of aryl methyl sites for hydroxylation is 1. The van der Waals surface area contributed by atoms with Crippen LogP contribution >= 0.6 is 11.6 Å². The summed E-state index contributed by atoms with van der Waals surface area (Å²) in [5, 5.41) is 0.899. The van der Waals surface area contributed by atoms with Crippen molar-refractivity contribution in [1.82, 2.24) is 0 Å². The Morgan fingerprint density at radius 1 is 0.850 bits per heavy atom. The maximum Gasteiger partial charge on any atom is 0.0466 e. The van der Waals surface area contributed by atoms with Gasteiger partial charge < -0.3 is 4.74 Å². The molecule has 114 valence electrons. The van der Waals surface area contributed by atoms with E-state index in [1.807, 2.05) is 12.1 Å². The Hall–Kier alpha value is -0.530. The molecule has 0 aliphatic rings. The van der Waals surface area contributed by atoms with Gasteiger partial charge in [-0.1, -0.05) is 68.8 Å². The van der Waals surface area contributed by atoms with Crippen LogP contribution in [0.15, 0.2) is 24.3 Å². The monoisotopic (exact) mass is 296 g/mol. The van der Waals surface area contributed by atoms with Crippen LogP contribution in [-0.4, -0.2) is 13.2 Å². The van der Waals surface area contributed by atoms with Crippen LogP contribution in [0.25, 0.3) is 0 Å². The molecule has 0 heterocycles. The molecule has 0 amide bonds. The first kappa shape index (κ1) is 17.5. The van der Waals surface area contributed by atoms with E-state index in [1.54, 1.807) is 0 Å². The summed E-state index contributed by atoms with van der Waals surface area (Å²) in [6, 6.07) is 8.14. The van der Waals surface area contributed by atoms with Crippen LogP contribution in [0.5, 0.6) is 0 Å². The Balaban J connectivity index is 1.87. The highest BCUT2D eigenvalue weighted by Crippen LogP contribution is 2.17. The molecule has 0 bridgehead atoms. The van der Waals surface area contributed by atoms with Crippen LogP contribution in [0.3, 0.4) is 0 Å². The van der Waals surface area contributed by atoms with Crippen LogP contribution in [-0.2, 0) is 11.2 Å². The third-order valence-corrected chi connectivity index (χ3v) is 3.95. The number of ether oxygens (including phenoxy) is 1. The zero-order valence-corrected chi connectivity index (χ0v) is 13.6. The Bertz CT molecular complexity index is 338. The molecule has 1 aromatic carbocycles. The minimum atomic E-state index is 0.899. The van der Waals surface area contributed by atoms with E-state index in [4.69, 9.17) is 16.3 Å². The van der Waals surface area contributed by atoms with Crippen molar-refractivity contribution < 1.29 is 4.74 Å². The van der Waals surface area contributed by atoms with Gasteiger partial charge in [0, 0.05) is 18.2 Å². The van der Waals surface area contributed by atoms with E-state index in [-0.39, 0.29) is 0 Å². The van der Waals surface area contributed by atoms with Crippen LogP contribution in [0, 0.1) is 0 Å². The van der Waals surface area contributed by atoms with Crippen molar-refractivity contribution in [3.8, 4) is 0 Å². The fourth-order valence-corrected chi connectivity index (χ4v) is 2.54. The first-order valence-corrected chi connectivity index (χ1v) is 8.53. The number of hydrogen-bond acceptors (Lipinski definition) is 1. The molecule has 0 unspecified atom stereocenters. The summed E-state index contributed by atoms with van der Waals surface area (Å²) in [4.78, 5) is 0. The molecule has 0 radical (unpaired) electrons. The minimum Gasteiger partial charge on any atom is -0.381 e. The largest absolute Gasteiger partial charge is 0.381 e. The molecule has 0 atom stereocenters. The van der Waals surface area contributed by atoms with Gasteiger partial charge in [0.05, 0.1) is 0 Å². The standard InChI is InChI=1S/C18H29ClO/c1-2-3-4-5-10-15-20-16-11-6-7-12-17-13-8-9-14-18(17)19/h8-9,13-14H,2-7,10-12,15-16H2,1H3. The molecular weight excluding hydrogens is 268 g/mol. The number of benzene rings is 1. The Kier molecular flexibility index (Phi) is 10.7. The fourth-order valence-electron chi connectivity index (χ4n) is 2.31. The quantitative estimate of drug-likeness (QED) is 0.427. The first-order chi connectivity index (χ1) is 9.84. The van der Waals surface area contributed by atoms with Crippen LogP contribution in [0.2, 0.25) is 5.02 Å². The summed E-state index contributed by atoms with van der Waals surface area (Å²) in [5.74, 6) is 0. The fraction of sp³-hybridized carbons (Fsp3) is 0.667. The number of halogens is 1. The van der Waals surface area contributed by atoms with Gasteiger partial charge in [0.25, 0.3) is 0 Å². The highest BCUT2D eigenvalue weighted by atomic mass is 35.5. The molecule has 0 saturated heterocycles. The molecule has 20 heavy (non-hydrogen) atoms. The second kappa shape index (κ2) is 12.2. The molecule has 0 aliphatic heterocycles. The van der Waals surface area contributed by atoms with E-state index in [2.05, 4.69) is 19.1 Å². The Morgan fingerprint density at radius 3 is 2.20 bits per heavy atom. The van der Waals surface area contributed by atoms with Gasteiger partial charge in [0.2, 0.25) is 0 Å². The summed E-state index contributed by atoms with van der Waals surface area (Å²) >= 11 is 6.13. The molecule has 0 N–H and O–H groups in total. The normalized spacial score (nSPS) is 10.9. The molecule has 1 rings (SSSR count). The molecule has 0 fully saturated rings. The first-order valence-electron chi connectivity index (χ1n) is 8.15. The number of rotatable bonds is 12. The van der Waals surface area contributed by atoms with Crippen molar-refractivity contribution in [1.29, 1.82) is 0 Å². The average molecular weight is 297 g/mol. The topological polar surface area (TPSA) is 9.23 Å². The van der Waals surface area contributed by atoms with E-state index < -0.39 is 0 Å². The highest BCUT2D eigenvalue weighted by molar-refractivity contribution is 6.31. The summed E-state index contributed by atoms with van der Waals surface area (Å²) in [6.07, 6.45) is 11.2. The third kappa shape index (κ3) is 8.60. The molecule has 1 aromatic rings. The Morgan fingerprint density at radius 2 is 1.50 bits per heavy atom. The number of hydrogen-bond donors (Lipinski definition) is 0. The smallest absolute Gasteiger partial charge is 0.0466 e. The van der Waals surface area contributed by atoms with E-state index in [1.165, 1.54) is 56.9 Å². The molecule has 0 aromatic heterocycles. The van der Waals surface area contributed by atoms with E-state index in [0.717, 1.165) is 24.7 Å². The van der Waals surface area contributed by atoms with Crippen molar-refractivity contribution in [2.24, 2.45) is 0 Å². The lowest BCUT2D eigenvalue weighted by Crippen LogP contribution is -1.97. The van der Waals surface area contributed by atoms with Crippen molar-refractivity contribution in [2.45, 2.75) is 64.7 Å². The highest BCUT2D eigenvalue weighted by Gasteiger charge is 1.98. The van der Waals surface area contributed by atoms with Crippen molar-refractivity contribution >= 4 is 11.6 Å². The van der Waals surface area contributed by atoms with Gasteiger partial charge in [-0.15, -0.1) is 0 Å². The predicted octanol–water partition coefficient (Wildman–Crippen LogP) is 6.04. The summed E-state index contributed by atoms with van der Waals surface area (Å²) in [6.45, 7) is 4.10. The van der Waals surface area contributed by atoms with E-state index >= 15 is 0 Å². The second-order valence-electron chi connectivity index (χ2n) is 5.43. The maximum atomic E-state index is 6.13. The van der Waals surface area contributed by atoms with Gasteiger partial charge in [-0.25, -0.2) is 0 Å². The average Bonchev–Trinajstić information content (AvgIpc) is 2.46. The van der Waals surface area contributed by atoms with Crippen molar-refractivity contribution in [2.75, 3.05) is 13.2 Å². The summed E-state index contributed by atoms with van der Waals surface area (Å²) in [7, 11) is 0. The van der Waals surface area contributed by atoms with Gasteiger partial charge in [-0.2, -0.15) is 0 Å². The van der Waals surface area contributed by atoms with Crippen molar-refractivity contribution in [3.05, 3.63) is 34.9 Å². The zero-order valence-electron chi connectivity index (χ0n) is 12.9. The van der Waals surface area contributed by atoms with Gasteiger partial charge in [0.15, 0.2) is 0 Å². The molecule has 1 nitrogen and oxygen atoms in total.